The average molecular weight is 352 g/mol. The van der Waals surface area contributed by atoms with E-state index in [4.69, 9.17) is 9.97 Å². The number of thiophene rings is 1. The zero-order chi connectivity index (χ0) is 14.1. The van der Waals surface area contributed by atoms with Gasteiger partial charge in [-0.15, -0.1) is 11.3 Å². The van der Waals surface area contributed by atoms with Crippen molar-refractivity contribution in [3.8, 4) is 10.7 Å². The van der Waals surface area contributed by atoms with Gasteiger partial charge in [-0.2, -0.15) is 0 Å². The topological polar surface area (TPSA) is 37.8 Å². The van der Waals surface area contributed by atoms with Crippen molar-refractivity contribution < 1.29 is 0 Å². The molecule has 0 aliphatic heterocycles. The molecule has 2 aromatic heterocycles. The van der Waals surface area contributed by atoms with Gasteiger partial charge in [0.1, 0.15) is 5.82 Å². The van der Waals surface area contributed by atoms with E-state index < -0.39 is 0 Å². The van der Waals surface area contributed by atoms with Gasteiger partial charge in [-0.05, 0) is 54.6 Å². The van der Waals surface area contributed by atoms with E-state index in [-0.39, 0.29) is 0 Å². The van der Waals surface area contributed by atoms with E-state index in [0.717, 1.165) is 33.8 Å². The Labute approximate surface area is 132 Å². The molecular formula is C15H18BrN3S. The zero-order valence-corrected chi connectivity index (χ0v) is 14.2. The van der Waals surface area contributed by atoms with E-state index >= 15 is 0 Å². The number of halogens is 1. The van der Waals surface area contributed by atoms with Crippen molar-refractivity contribution in [2.24, 2.45) is 0 Å². The molecule has 0 amide bonds. The van der Waals surface area contributed by atoms with Crippen LogP contribution >= 0.6 is 27.3 Å². The first-order valence-corrected chi connectivity index (χ1v) is 8.64. The quantitative estimate of drug-likeness (QED) is 0.804. The van der Waals surface area contributed by atoms with E-state index in [1.807, 2.05) is 7.05 Å². The first-order chi connectivity index (χ1) is 9.69. The molecule has 0 radical (unpaired) electrons. The second-order valence-corrected chi connectivity index (χ2v) is 7.26. The lowest BCUT2D eigenvalue weighted by molar-refractivity contribution is 0.709. The normalized spacial score (nSPS) is 14.8. The van der Waals surface area contributed by atoms with Crippen LogP contribution in [0.2, 0.25) is 0 Å². The fourth-order valence-corrected chi connectivity index (χ4v) is 4.13. The summed E-state index contributed by atoms with van der Waals surface area (Å²) in [5.41, 5.74) is 2.56. The molecule has 0 saturated carbocycles. The summed E-state index contributed by atoms with van der Waals surface area (Å²) in [5, 5.41) is 3.26. The minimum Gasteiger partial charge on any atom is -0.373 e. The molecule has 0 aromatic carbocycles. The largest absolute Gasteiger partial charge is 0.373 e. The van der Waals surface area contributed by atoms with Crippen molar-refractivity contribution in [3.63, 3.8) is 0 Å². The molecule has 0 unspecified atom stereocenters. The highest BCUT2D eigenvalue weighted by Gasteiger charge is 2.18. The Kier molecular flexibility index (Phi) is 4.08. The van der Waals surface area contributed by atoms with Crippen molar-refractivity contribution in [1.29, 1.82) is 0 Å². The maximum absolute atomic E-state index is 4.85. The standard InChI is InChI=1S/C15H18BrN3S/c1-9-11(16)8-13(20-9)15-18-12-7-5-3-4-6-10(12)14(17-2)19-15/h8H,3-7H2,1-2H3,(H,17,18,19). The van der Waals surface area contributed by atoms with Crippen LogP contribution in [0.25, 0.3) is 10.7 Å². The summed E-state index contributed by atoms with van der Waals surface area (Å²) in [6.45, 7) is 2.11. The van der Waals surface area contributed by atoms with Gasteiger partial charge >= 0.3 is 0 Å². The highest BCUT2D eigenvalue weighted by molar-refractivity contribution is 9.10. The molecule has 106 valence electrons. The molecule has 0 bridgehead atoms. The van der Waals surface area contributed by atoms with Crippen LogP contribution in [-0.4, -0.2) is 17.0 Å². The minimum atomic E-state index is 0.855. The Morgan fingerprint density at radius 1 is 1.20 bits per heavy atom. The van der Waals surface area contributed by atoms with Gasteiger partial charge < -0.3 is 5.32 Å². The number of anilines is 1. The van der Waals surface area contributed by atoms with Gasteiger partial charge in [-0.25, -0.2) is 9.97 Å². The molecule has 1 aliphatic carbocycles. The molecule has 3 nitrogen and oxygen atoms in total. The predicted octanol–water partition coefficient (Wildman–Crippen LogP) is 4.59. The SMILES string of the molecule is CNc1nc(-c2cc(Br)c(C)s2)nc2c1CCCCC2. The Bertz CT molecular complexity index is 617. The zero-order valence-electron chi connectivity index (χ0n) is 11.8. The van der Waals surface area contributed by atoms with Crippen molar-refractivity contribution in [3.05, 3.63) is 26.7 Å². The van der Waals surface area contributed by atoms with Crippen LogP contribution in [0.4, 0.5) is 5.82 Å². The van der Waals surface area contributed by atoms with E-state index in [2.05, 4.69) is 34.2 Å². The maximum atomic E-state index is 4.85. The monoisotopic (exact) mass is 351 g/mol. The fourth-order valence-electron chi connectivity index (χ4n) is 2.66. The van der Waals surface area contributed by atoms with Gasteiger partial charge in [0.2, 0.25) is 0 Å². The predicted molar refractivity (Wildman–Crippen MR) is 88.6 cm³/mol. The summed E-state index contributed by atoms with van der Waals surface area (Å²) in [5.74, 6) is 1.86. The Morgan fingerprint density at radius 3 is 2.70 bits per heavy atom. The minimum absolute atomic E-state index is 0.855. The summed E-state index contributed by atoms with van der Waals surface area (Å²) in [7, 11) is 1.95. The molecule has 1 N–H and O–H groups in total. The van der Waals surface area contributed by atoms with Crippen LogP contribution in [0, 0.1) is 6.92 Å². The summed E-state index contributed by atoms with van der Waals surface area (Å²) < 4.78 is 1.14. The highest BCUT2D eigenvalue weighted by atomic mass is 79.9. The lowest BCUT2D eigenvalue weighted by Crippen LogP contribution is -2.06. The maximum Gasteiger partial charge on any atom is 0.171 e. The second-order valence-electron chi connectivity index (χ2n) is 5.15. The molecule has 3 rings (SSSR count). The number of fused-ring (bicyclic) bond motifs is 1. The third-order valence-corrected chi connectivity index (χ3v) is 5.88. The van der Waals surface area contributed by atoms with E-state index in [9.17, 15) is 0 Å². The van der Waals surface area contributed by atoms with Gasteiger partial charge in [0.05, 0.1) is 4.88 Å². The second kappa shape index (κ2) is 5.82. The molecule has 2 aromatic rings. The molecule has 0 saturated heterocycles. The molecule has 0 atom stereocenters. The van der Waals surface area contributed by atoms with Crippen LogP contribution in [0.5, 0.6) is 0 Å². The van der Waals surface area contributed by atoms with Gasteiger partial charge in [0.15, 0.2) is 5.82 Å². The Balaban J connectivity index is 2.10. The molecule has 1 aliphatic rings. The Morgan fingerprint density at radius 2 is 2.00 bits per heavy atom. The first-order valence-electron chi connectivity index (χ1n) is 7.03. The molecule has 0 fully saturated rings. The molecule has 2 heterocycles. The lowest BCUT2D eigenvalue weighted by atomic mass is 10.1. The van der Waals surface area contributed by atoms with Gasteiger partial charge in [0.25, 0.3) is 0 Å². The molecule has 0 spiro atoms. The number of rotatable bonds is 2. The van der Waals surface area contributed by atoms with Gasteiger partial charge in [-0.1, -0.05) is 6.42 Å². The van der Waals surface area contributed by atoms with Crippen molar-refractivity contribution in [2.45, 2.75) is 39.0 Å². The summed E-state index contributed by atoms with van der Waals surface area (Å²) in [6, 6.07) is 2.12. The number of nitrogens with zero attached hydrogens (tertiary/aromatic N) is 2. The van der Waals surface area contributed by atoms with Crippen LogP contribution in [0.3, 0.4) is 0 Å². The van der Waals surface area contributed by atoms with Crippen molar-refractivity contribution in [1.82, 2.24) is 9.97 Å². The highest BCUT2D eigenvalue weighted by Crippen LogP contribution is 2.34. The number of aromatic nitrogens is 2. The summed E-state index contributed by atoms with van der Waals surface area (Å²) in [4.78, 5) is 12.0. The van der Waals surface area contributed by atoms with Crippen LogP contribution in [-0.2, 0) is 12.8 Å². The average Bonchev–Trinajstić information content (AvgIpc) is 2.67. The smallest absolute Gasteiger partial charge is 0.171 e. The number of hydrogen-bond acceptors (Lipinski definition) is 4. The summed E-state index contributed by atoms with van der Waals surface area (Å²) >= 11 is 5.32. The van der Waals surface area contributed by atoms with Crippen LogP contribution in [0.15, 0.2) is 10.5 Å². The number of aryl methyl sites for hydroxylation is 2. The Hall–Kier alpha value is -0.940. The van der Waals surface area contributed by atoms with E-state index in [1.165, 1.54) is 35.4 Å². The lowest BCUT2D eigenvalue weighted by Gasteiger charge is -2.12. The van der Waals surface area contributed by atoms with Gasteiger partial charge in [-0.3, -0.25) is 0 Å². The summed E-state index contributed by atoms with van der Waals surface area (Å²) in [6.07, 6.45) is 5.94. The first kappa shape index (κ1) is 14.0. The van der Waals surface area contributed by atoms with E-state index in [1.54, 1.807) is 11.3 Å². The number of nitrogens with one attached hydrogen (secondary N) is 1. The van der Waals surface area contributed by atoms with Gasteiger partial charge in [0, 0.05) is 27.7 Å². The molecule has 5 heteroatoms. The van der Waals surface area contributed by atoms with Crippen LogP contribution in [0.1, 0.15) is 35.4 Å². The third kappa shape index (κ3) is 2.61. The fraction of sp³-hybridized carbons (Fsp3) is 0.467. The molecular weight excluding hydrogens is 334 g/mol. The van der Waals surface area contributed by atoms with Crippen LogP contribution < -0.4 is 5.32 Å². The third-order valence-electron chi connectivity index (χ3n) is 3.75. The molecule has 20 heavy (non-hydrogen) atoms. The van der Waals surface area contributed by atoms with Crippen molar-refractivity contribution in [2.75, 3.05) is 12.4 Å². The van der Waals surface area contributed by atoms with E-state index in [0.29, 0.717) is 0 Å². The van der Waals surface area contributed by atoms with Crippen molar-refractivity contribution >= 4 is 33.1 Å². The number of hydrogen-bond donors (Lipinski definition) is 1.